The molecule has 0 fully saturated rings. The molecule has 1 heterocycles. The number of para-hydroxylation sites is 2. The van der Waals surface area contributed by atoms with Gasteiger partial charge in [0.1, 0.15) is 13.3 Å². The highest BCUT2D eigenvalue weighted by Gasteiger charge is 2.43. The number of benzene rings is 2. The topological polar surface area (TPSA) is 96.0 Å². The Morgan fingerprint density at radius 3 is 2.19 bits per heavy atom. The number of hydrogen-bond donors (Lipinski definition) is 1. The van der Waals surface area contributed by atoms with Gasteiger partial charge in [-0.3, -0.25) is 9.56 Å². The summed E-state index contributed by atoms with van der Waals surface area (Å²) < 4.78 is 35.1. The molecular formula is C19H23N3O4S. The standard InChI is InChI=1S/C19H22N3.H2O4S/c1-19(2)16-12-8-9-13-17(16)21(3)18(19)14-20-22(4)15-10-6-5-7-11-15;1-5(2,3)4/h5-14H,1-4H3;(H2,1,2,3,4)/q+1;/p-1. The van der Waals surface area contributed by atoms with Crippen LogP contribution in [0.15, 0.2) is 59.7 Å². The van der Waals surface area contributed by atoms with Gasteiger partial charge in [-0.05, 0) is 26.0 Å². The maximum Gasteiger partial charge on any atom is 0.215 e. The summed E-state index contributed by atoms with van der Waals surface area (Å²) in [4.78, 5) is 0. The van der Waals surface area contributed by atoms with Gasteiger partial charge >= 0.3 is 0 Å². The van der Waals surface area contributed by atoms with E-state index in [9.17, 15) is 0 Å². The normalized spacial score (nSPS) is 15.3. The molecule has 27 heavy (non-hydrogen) atoms. The van der Waals surface area contributed by atoms with Crippen molar-refractivity contribution in [3.05, 3.63) is 60.2 Å². The molecule has 7 nitrogen and oxygen atoms in total. The number of anilines is 1. The Bertz CT molecular complexity index is 959. The fourth-order valence-corrected chi connectivity index (χ4v) is 3.08. The molecule has 0 bridgehead atoms. The van der Waals surface area contributed by atoms with Crippen LogP contribution in [0, 0.1) is 0 Å². The van der Waals surface area contributed by atoms with Crippen LogP contribution in [-0.4, -0.2) is 48.1 Å². The van der Waals surface area contributed by atoms with Crippen molar-refractivity contribution in [2.24, 2.45) is 5.10 Å². The van der Waals surface area contributed by atoms with E-state index >= 15 is 0 Å². The van der Waals surface area contributed by atoms with Gasteiger partial charge in [-0.2, -0.15) is 9.68 Å². The molecule has 0 saturated heterocycles. The fraction of sp³-hybridized carbons (Fsp3) is 0.263. The lowest BCUT2D eigenvalue weighted by Crippen LogP contribution is -2.30. The highest BCUT2D eigenvalue weighted by atomic mass is 32.3. The molecule has 0 saturated carbocycles. The van der Waals surface area contributed by atoms with Crippen LogP contribution in [0.5, 0.6) is 0 Å². The Hall–Kier alpha value is -2.55. The molecule has 0 aliphatic carbocycles. The van der Waals surface area contributed by atoms with Gasteiger partial charge in [0.2, 0.25) is 21.8 Å². The first-order valence-electron chi connectivity index (χ1n) is 8.23. The zero-order chi connectivity index (χ0) is 20.2. The van der Waals surface area contributed by atoms with Gasteiger partial charge in [0.05, 0.1) is 11.1 Å². The second-order valence-electron chi connectivity index (χ2n) is 6.62. The van der Waals surface area contributed by atoms with E-state index in [1.165, 1.54) is 17.0 Å². The van der Waals surface area contributed by atoms with E-state index in [2.05, 4.69) is 67.0 Å². The number of rotatable bonds is 3. The highest BCUT2D eigenvalue weighted by Crippen LogP contribution is 2.38. The summed E-state index contributed by atoms with van der Waals surface area (Å²) in [6.07, 6.45) is 1.98. The second-order valence-corrected chi connectivity index (χ2v) is 7.47. The van der Waals surface area contributed by atoms with Crippen molar-refractivity contribution in [1.82, 2.24) is 0 Å². The Kier molecular flexibility index (Phi) is 6.15. The van der Waals surface area contributed by atoms with Gasteiger partial charge in [0.25, 0.3) is 0 Å². The molecule has 0 radical (unpaired) electrons. The zero-order valence-corrected chi connectivity index (χ0v) is 16.5. The lowest BCUT2D eigenvalue weighted by Gasteiger charge is -2.16. The predicted octanol–water partition coefficient (Wildman–Crippen LogP) is 2.82. The maximum atomic E-state index is 8.63. The van der Waals surface area contributed by atoms with Crippen LogP contribution in [-0.2, 0) is 15.8 Å². The molecule has 0 spiro atoms. The van der Waals surface area contributed by atoms with E-state index in [1.54, 1.807) is 0 Å². The van der Waals surface area contributed by atoms with Crippen LogP contribution in [0.25, 0.3) is 0 Å². The van der Waals surface area contributed by atoms with E-state index < -0.39 is 10.4 Å². The van der Waals surface area contributed by atoms with Crippen LogP contribution in [0.2, 0.25) is 0 Å². The lowest BCUT2D eigenvalue weighted by atomic mass is 9.82. The van der Waals surface area contributed by atoms with E-state index in [0.29, 0.717) is 0 Å². The minimum atomic E-state index is -4.92. The van der Waals surface area contributed by atoms with Gasteiger partial charge in [-0.1, -0.05) is 36.4 Å². The monoisotopic (exact) mass is 389 g/mol. The molecule has 2 aromatic rings. The zero-order valence-electron chi connectivity index (χ0n) is 15.7. The first-order chi connectivity index (χ1) is 12.5. The average molecular weight is 389 g/mol. The molecule has 144 valence electrons. The summed E-state index contributed by atoms with van der Waals surface area (Å²) >= 11 is 0. The first kappa shape index (κ1) is 20.8. The van der Waals surface area contributed by atoms with Crippen molar-refractivity contribution in [2.75, 3.05) is 19.1 Å². The summed E-state index contributed by atoms with van der Waals surface area (Å²) in [6.45, 7) is 4.50. The van der Waals surface area contributed by atoms with Crippen molar-refractivity contribution < 1.29 is 22.1 Å². The summed E-state index contributed by atoms with van der Waals surface area (Å²) in [5, 5.41) is 6.54. The smallest absolute Gasteiger partial charge is 0.215 e. The number of hydrogen-bond acceptors (Lipinski definition) is 5. The number of hydrazone groups is 1. The van der Waals surface area contributed by atoms with Gasteiger partial charge in [-0.15, -0.1) is 0 Å². The van der Waals surface area contributed by atoms with Crippen LogP contribution in [0.1, 0.15) is 19.4 Å². The maximum absolute atomic E-state index is 8.63. The molecule has 1 N–H and O–H groups in total. The largest absolute Gasteiger partial charge is 0.726 e. The van der Waals surface area contributed by atoms with Crippen LogP contribution >= 0.6 is 0 Å². The van der Waals surface area contributed by atoms with E-state index in [1.807, 2.05) is 36.5 Å². The third-order valence-corrected chi connectivity index (χ3v) is 4.42. The molecular weight excluding hydrogens is 366 g/mol. The van der Waals surface area contributed by atoms with Crippen LogP contribution < -0.4 is 5.01 Å². The van der Waals surface area contributed by atoms with E-state index in [-0.39, 0.29) is 5.41 Å². The predicted molar refractivity (Wildman–Crippen MR) is 106 cm³/mol. The second kappa shape index (κ2) is 7.99. The van der Waals surface area contributed by atoms with E-state index in [0.717, 1.165) is 5.69 Å². The van der Waals surface area contributed by atoms with Crippen LogP contribution in [0.4, 0.5) is 11.4 Å². The molecule has 0 aromatic heterocycles. The van der Waals surface area contributed by atoms with Gasteiger partial charge in [0, 0.05) is 18.7 Å². The SMILES string of the molecule is CN(/N=C/C1=[N+](C)c2ccccc2C1(C)C)c1ccccc1.O=S(=O)([O-])O. The van der Waals surface area contributed by atoms with Crippen LogP contribution in [0.3, 0.4) is 0 Å². The number of fused-ring (bicyclic) bond motifs is 1. The summed E-state index contributed by atoms with van der Waals surface area (Å²) in [6, 6.07) is 18.7. The Labute approximate surface area is 159 Å². The first-order valence-corrected chi connectivity index (χ1v) is 9.60. The minimum absolute atomic E-state index is 0.0353. The fourth-order valence-electron chi connectivity index (χ4n) is 3.08. The van der Waals surface area contributed by atoms with Crippen molar-refractivity contribution >= 4 is 33.7 Å². The van der Waals surface area contributed by atoms with Crippen molar-refractivity contribution in [1.29, 1.82) is 0 Å². The molecule has 3 rings (SSSR count). The summed E-state index contributed by atoms with van der Waals surface area (Å²) in [7, 11) is -0.834. The van der Waals surface area contributed by atoms with Gasteiger partial charge in [-0.25, -0.2) is 8.42 Å². The third kappa shape index (κ3) is 5.22. The number of nitrogens with zero attached hydrogens (tertiary/aromatic N) is 3. The molecule has 0 unspecified atom stereocenters. The molecule has 1 aliphatic heterocycles. The van der Waals surface area contributed by atoms with Gasteiger partial charge < -0.3 is 4.55 Å². The molecule has 8 heteroatoms. The van der Waals surface area contributed by atoms with Crippen molar-refractivity contribution in [3.8, 4) is 0 Å². The third-order valence-electron chi connectivity index (χ3n) is 4.42. The minimum Gasteiger partial charge on any atom is -0.726 e. The quantitative estimate of drug-likeness (QED) is 0.286. The molecule has 0 amide bonds. The van der Waals surface area contributed by atoms with Gasteiger partial charge in [0.15, 0.2) is 0 Å². The Balaban J connectivity index is 0.000000465. The lowest BCUT2D eigenvalue weighted by molar-refractivity contribution is -0.400. The Morgan fingerprint density at radius 1 is 1.11 bits per heavy atom. The summed E-state index contributed by atoms with van der Waals surface area (Å²) in [5.41, 5.74) is 4.86. The van der Waals surface area contributed by atoms with Crippen molar-refractivity contribution in [2.45, 2.75) is 19.3 Å². The highest BCUT2D eigenvalue weighted by molar-refractivity contribution is 7.79. The Morgan fingerprint density at radius 2 is 1.63 bits per heavy atom. The average Bonchev–Trinajstić information content (AvgIpc) is 2.79. The van der Waals surface area contributed by atoms with Crippen molar-refractivity contribution in [3.63, 3.8) is 0 Å². The summed E-state index contributed by atoms with van der Waals surface area (Å²) in [5.74, 6) is 0. The molecule has 1 aliphatic rings. The van der Waals surface area contributed by atoms with E-state index in [4.69, 9.17) is 17.5 Å². The molecule has 2 aromatic carbocycles. The molecule has 0 atom stereocenters.